The first kappa shape index (κ1) is 16.9. The zero-order chi connectivity index (χ0) is 16.0. The number of benzene rings is 1. The number of ether oxygens (including phenoxy) is 1. The summed E-state index contributed by atoms with van der Waals surface area (Å²) in [6.45, 7) is 5.51. The molecule has 21 heavy (non-hydrogen) atoms. The lowest BCUT2D eigenvalue weighted by Crippen LogP contribution is -2.54. The smallest absolute Gasteiger partial charge is 0.327 e. The van der Waals surface area contributed by atoms with Crippen LogP contribution in [-0.2, 0) is 4.79 Å². The van der Waals surface area contributed by atoms with E-state index in [1.165, 1.54) is 19.1 Å². The van der Waals surface area contributed by atoms with Crippen LogP contribution in [0.2, 0.25) is 0 Å². The van der Waals surface area contributed by atoms with Crippen LogP contribution in [0.5, 0.6) is 5.75 Å². The summed E-state index contributed by atoms with van der Waals surface area (Å²) in [6, 6.07) is 4.49. The van der Waals surface area contributed by atoms with E-state index in [1.807, 2.05) is 6.92 Å². The number of nitrogens with one attached hydrogen (secondary N) is 1. The van der Waals surface area contributed by atoms with Gasteiger partial charge in [0.05, 0.1) is 4.92 Å². The van der Waals surface area contributed by atoms with Crippen LogP contribution in [0.4, 0.5) is 5.69 Å². The number of carboxylic acids is 1. The molecule has 0 aliphatic carbocycles. The Morgan fingerprint density at radius 1 is 1.52 bits per heavy atom. The Morgan fingerprint density at radius 2 is 2.19 bits per heavy atom. The molecule has 1 aromatic rings. The fourth-order valence-corrected chi connectivity index (χ4v) is 1.70. The Bertz CT molecular complexity index is 532. The number of carbonyl (C=O) groups is 1. The molecule has 0 aromatic heterocycles. The first-order valence-electron chi connectivity index (χ1n) is 6.66. The van der Waals surface area contributed by atoms with Crippen molar-refractivity contribution in [2.24, 2.45) is 0 Å². The molecule has 1 aromatic carbocycles. The van der Waals surface area contributed by atoms with Gasteiger partial charge >= 0.3 is 11.7 Å². The lowest BCUT2D eigenvalue weighted by molar-refractivity contribution is -0.385. The highest BCUT2D eigenvalue weighted by Gasteiger charge is 2.34. The first-order chi connectivity index (χ1) is 9.80. The molecule has 0 saturated heterocycles. The van der Waals surface area contributed by atoms with Crippen molar-refractivity contribution in [2.75, 3.05) is 13.2 Å². The van der Waals surface area contributed by atoms with Crippen molar-refractivity contribution in [3.05, 3.63) is 33.9 Å². The molecule has 1 unspecified atom stereocenters. The molecular formula is C14H20N2O5. The van der Waals surface area contributed by atoms with Gasteiger partial charge in [-0.2, -0.15) is 0 Å². The number of nitro groups is 1. The second kappa shape index (κ2) is 7.03. The average Bonchev–Trinajstić information content (AvgIpc) is 2.42. The predicted molar refractivity (Wildman–Crippen MR) is 77.7 cm³/mol. The number of rotatable bonds is 8. The minimum Gasteiger partial charge on any atom is -0.484 e. The van der Waals surface area contributed by atoms with Crippen LogP contribution in [0.1, 0.15) is 25.8 Å². The summed E-state index contributed by atoms with van der Waals surface area (Å²) in [4.78, 5) is 21.8. The number of aliphatic carboxylic acids is 1. The lowest BCUT2D eigenvalue weighted by Gasteiger charge is -2.26. The topological polar surface area (TPSA) is 102 Å². The van der Waals surface area contributed by atoms with Gasteiger partial charge in [-0.3, -0.25) is 20.2 Å². The fraction of sp³-hybridized carbons (Fsp3) is 0.500. The molecule has 1 atom stereocenters. The first-order valence-corrected chi connectivity index (χ1v) is 6.66. The van der Waals surface area contributed by atoms with Gasteiger partial charge in [-0.1, -0.05) is 13.0 Å². The largest absolute Gasteiger partial charge is 0.484 e. The molecule has 0 heterocycles. The minimum atomic E-state index is -1.30. The van der Waals surface area contributed by atoms with E-state index in [1.54, 1.807) is 13.0 Å². The molecule has 0 aliphatic heterocycles. The van der Waals surface area contributed by atoms with Crippen molar-refractivity contribution in [1.82, 2.24) is 5.32 Å². The van der Waals surface area contributed by atoms with Crippen molar-refractivity contribution in [3.8, 4) is 5.75 Å². The number of hydrogen-bond acceptors (Lipinski definition) is 5. The highest BCUT2D eigenvalue weighted by atomic mass is 16.6. The third kappa shape index (κ3) is 4.42. The molecular weight excluding hydrogens is 276 g/mol. The minimum absolute atomic E-state index is 0.0748. The number of hydrogen-bond donors (Lipinski definition) is 2. The maximum Gasteiger partial charge on any atom is 0.327 e. The standard InChI is InChI=1S/C14H20N2O5/c1-4-7-15-14(3,13(17)18)9-21-12-8-10(2)5-6-11(12)16(19)20/h5-6,8,15H,4,7,9H2,1-3H3,(H,17,18). The van der Waals surface area contributed by atoms with Crippen LogP contribution in [0.15, 0.2) is 18.2 Å². The molecule has 1 rings (SSSR count). The molecule has 0 aliphatic rings. The maximum atomic E-state index is 11.4. The maximum absolute atomic E-state index is 11.4. The molecule has 2 N–H and O–H groups in total. The summed E-state index contributed by atoms with van der Waals surface area (Å²) in [6.07, 6.45) is 0.771. The third-order valence-corrected chi connectivity index (χ3v) is 3.07. The Kier molecular flexibility index (Phi) is 5.66. The highest BCUT2D eigenvalue weighted by Crippen LogP contribution is 2.28. The van der Waals surface area contributed by atoms with Crippen molar-refractivity contribution < 1.29 is 19.6 Å². The summed E-state index contributed by atoms with van der Waals surface area (Å²) < 4.78 is 5.42. The van der Waals surface area contributed by atoms with E-state index in [-0.39, 0.29) is 18.0 Å². The van der Waals surface area contributed by atoms with Gasteiger partial charge in [0, 0.05) is 6.07 Å². The summed E-state index contributed by atoms with van der Waals surface area (Å²) in [5, 5.41) is 23.1. The Morgan fingerprint density at radius 3 is 2.71 bits per heavy atom. The molecule has 0 spiro atoms. The zero-order valence-electron chi connectivity index (χ0n) is 12.4. The summed E-state index contributed by atoms with van der Waals surface area (Å²) in [5.41, 5.74) is -0.675. The van der Waals surface area contributed by atoms with Gasteiger partial charge in [0.2, 0.25) is 0 Å². The molecule has 0 amide bonds. The molecule has 7 nitrogen and oxygen atoms in total. The van der Waals surface area contributed by atoms with Crippen molar-refractivity contribution in [3.63, 3.8) is 0 Å². The summed E-state index contributed by atoms with van der Waals surface area (Å²) in [7, 11) is 0. The van der Waals surface area contributed by atoms with Crippen molar-refractivity contribution in [1.29, 1.82) is 0 Å². The van der Waals surface area contributed by atoms with E-state index in [0.29, 0.717) is 6.54 Å². The SMILES string of the molecule is CCCNC(C)(COc1cc(C)ccc1[N+](=O)[O-])C(=O)O. The van der Waals surface area contributed by atoms with Gasteiger partial charge in [0.25, 0.3) is 0 Å². The Labute approximate surface area is 123 Å². The Hall–Kier alpha value is -2.15. The van der Waals surface area contributed by atoms with E-state index in [0.717, 1.165) is 12.0 Å². The summed E-state index contributed by atoms with van der Waals surface area (Å²) in [5.74, 6) is -0.989. The van der Waals surface area contributed by atoms with Gasteiger partial charge < -0.3 is 9.84 Å². The van der Waals surface area contributed by atoms with Crippen LogP contribution in [0.25, 0.3) is 0 Å². The second-order valence-electron chi connectivity index (χ2n) is 5.08. The second-order valence-corrected chi connectivity index (χ2v) is 5.08. The highest BCUT2D eigenvalue weighted by molar-refractivity contribution is 5.78. The normalized spacial score (nSPS) is 13.5. The van der Waals surface area contributed by atoms with Crippen LogP contribution < -0.4 is 10.1 Å². The molecule has 0 bridgehead atoms. The van der Waals surface area contributed by atoms with Gasteiger partial charge in [0.15, 0.2) is 5.75 Å². The number of carboxylic acid groups (broad SMARTS) is 1. The quantitative estimate of drug-likeness (QED) is 0.563. The molecule has 0 saturated carbocycles. The number of nitro benzene ring substituents is 1. The van der Waals surface area contributed by atoms with Crippen LogP contribution in [0, 0.1) is 17.0 Å². The van der Waals surface area contributed by atoms with Crippen LogP contribution in [0.3, 0.4) is 0 Å². The van der Waals surface area contributed by atoms with E-state index >= 15 is 0 Å². The van der Waals surface area contributed by atoms with E-state index in [4.69, 9.17) is 4.74 Å². The fourth-order valence-electron chi connectivity index (χ4n) is 1.70. The van der Waals surface area contributed by atoms with E-state index < -0.39 is 16.4 Å². The molecule has 0 fully saturated rings. The zero-order valence-corrected chi connectivity index (χ0v) is 12.4. The van der Waals surface area contributed by atoms with Gasteiger partial charge in [-0.25, -0.2) is 0 Å². The molecule has 116 valence electrons. The monoisotopic (exact) mass is 296 g/mol. The molecule has 0 radical (unpaired) electrons. The van der Waals surface area contributed by atoms with E-state index in [9.17, 15) is 20.0 Å². The van der Waals surface area contributed by atoms with Crippen LogP contribution in [-0.4, -0.2) is 34.7 Å². The molecule has 7 heteroatoms. The Balaban J connectivity index is 2.92. The third-order valence-electron chi connectivity index (χ3n) is 3.07. The van der Waals surface area contributed by atoms with Gasteiger partial charge in [-0.15, -0.1) is 0 Å². The van der Waals surface area contributed by atoms with Crippen molar-refractivity contribution in [2.45, 2.75) is 32.7 Å². The number of nitrogens with zero attached hydrogens (tertiary/aromatic N) is 1. The average molecular weight is 296 g/mol. The van der Waals surface area contributed by atoms with Gasteiger partial charge in [0.1, 0.15) is 12.1 Å². The lowest BCUT2D eigenvalue weighted by atomic mass is 10.0. The summed E-state index contributed by atoms with van der Waals surface area (Å²) >= 11 is 0. The van der Waals surface area contributed by atoms with E-state index in [2.05, 4.69) is 5.32 Å². The van der Waals surface area contributed by atoms with Gasteiger partial charge in [-0.05, 0) is 38.4 Å². The number of aryl methyl sites for hydroxylation is 1. The predicted octanol–water partition coefficient (Wildman–Crippen LogP) is 2.12. The van der Waals surface area contributed by atoms with Crippen molar-refractivity contribution >= 4 is 11.7 Å². The van der Waals surface area contributed by atoms with Crippen LogP contribution >= 0.6 is 0 Å².